The van der Waals surface area contributed by atoms with E-state index in [1.807, 2.05) is 10.9 Å². The van der Waals surface area contributed by atoms with E-state index < -0.39 is 0 Å². The molecule has 0 saturated carbocycles. The molecule has 0 radical (unpaired) electrons. The number of hydrogen-bond donors (Lipinski definition) is 1. The number of rotatable bonds is 5. The summed E-state index contributed by atoms with van der Waals surface area (Å²) in [7, 11) is 0. The summed E-state index contributed by atoms with van der Waals surface area (Å²) in [5.41, 5.74) is 7.78. The van der Waals surface area contributed by atoms with E-state index >= 15 is 0 Å². The molecule has 0 saturated heterocycles. The molecule has 0 bridgehead atoms. The first-order chi connectivity index (χ1) is 9.86. The predicted molar refractivity (Wildman–Crippen MR) is 84.7 cm³/mol. The molecular weight excluding hydrogens is 264 g/mol. The van der Waals surface area contributed by atoms with Gasteiger partial charge in [0.05, 0.1) is 11.7 Å². The molecule has 5 heteroatoms. The van der Waals surface area contributed by atoms with Crippen molar-refractivity contribution in [3.8, 4) is 0 Å². The zero-order chi connectivity index (χ0) is 15.5. The quantitative estimate of drug-likeness (QED) is 0.902. The molecule has 1 aromatic heterocycles. The van der Waals surface area contributed by atoms with Gasteiger partial charge in [-0.3, -0.25) is 14.4 Å². The number of amides is 1. The smallest absolute Gasteiger partial charge is 0.217 e. The number of hydrogen-bond acceptors (Lipinski definition) is 3. The average Bonchev–Trinajstić information content (AvgIpc) is 2.88. The summed E-state index contributed by atoms with van der Waals surface area (Å²) in [6.07, 6.45) is 8.73. The summed E-state index contributed by atoms with van der Waals surface area (Å²) < 4.78 is 2.02. The highest BCUT2D eigenvalue weighted by molar-refractivity contribution is 5.73. The number of carbonyl (C=O) groups is 1. The molecule has 21 heavy (non-hydrogen) atoms. The van der Waals surface area contributed by atoms with Crippen LogP contribution >= 0.6 is 0 Å². The predicted octanol–water partition coefficient (Wildman–Crippen LogP) is 1.99. The van der Waals surface area contributed by atoms with E-state index in [1.165, 1.54) is 11.1 Å². The first-order valence-corrected chi connectivity index (χ1v) is 7.61. The second-order valence-electron chi connectivity index (χ2n) is 6.69. The summed E-state index contributed by atoms with van der Waals surface area (Å²) in [5.74, 6) is -0.210. The Bertz CT molecular complexity index is 525. The molecule has 2 rings (SSSR count). The van der Waals surface area contributed by atoms with Crippen LogP contribution in [0.2, 0.25) is 0 Å². The molecule has 0 aromatic carbocycles. The summed E-state index contributed by atoms with van der Waals surface area (Å²) in [6, 6.07) is 0. The van der Waals surface area contributed by atoms with Crippen LogP contribution in [0.15, 0.2) is 18.5 Å². The third kappa shape index (κ3) is 4.43. The fourth-order valence-electron chi connectivity index (χ4n) is 2.51. The molecule has 1 aliphatic heterocycles. The molecule has 116 valence electrons. The highest BCUT2D eigenvalue weighted by atomic mass is 16.1. The van der Waals surface area contributed by atoms with Crippen molar-refractivity contribution >= 4 is 11.5 Å². The number of nitrogens with two attached hydrogens (primary N) is 1. The van der Waals surface area contributed by atoms with E-state index in [0.29, 0.717) is 6.42 Å². The maximum atomic E-state index is 10.7. The third-order valence-corrected chi connectivity index (χ3v) is 3.83. The molecule has 0 aliphatic carbocycles. The van der Waals surface area contributed by atoms with Gasteiger partial charge in [-0.15, -0.1) is 0 Å². The van der Waals surface area contributed by atoms with Crippen LogP contribution in [0.25, 0.3) is 5.57 Å². The van der Waals surface area contributed by atoms with Crippen LogP contribution in [0.3, 0.4) is 0 Å². The Morgan fingerprint density at radius 2 is 2.19 bits per heavy atom. The minimum Gasteiger partial charge on any atom is -0.370 e. The van der Waals surface area contributed by atoms with E-state index in [1.54, 1.807) is 0 Å². The van der Waals surface area contributed by atoms with E-state index in [4.69, 9.17) is 5.73 Å². The monoisotopic (exact) mass is 290 g/mol. The minimum absolute atomic E-state index is 0.0221. The van der Waals surface area contributed by atoms with Crippen molar-refractivity contribution in [2.24, 2.45) is 5.73 Å². The van der Waals surface area contributed by atoms with Crippen molar-refractivity contribution in [1.82, 2.24) is 14.7 Å². The lowest BCUT2D eigenvalue weighted by Crippen LogP contribution is -2.30. The molecule has 0 atom stereocenters. The van der Waals surface area contributed by atoms with E-state index in [-0.39, 0.29) is 11.4 Å². The number of carbonyl (C=O) groups excluding carboxylic acids is 1. The first-order valence-electron chi connectivity index (χ1n) is 7.61. The zero-order valence-corrected chi connectivity index (χ0v) is 13.3. The van der Waals surface area contributed by atoms with Gasteiger partial charge in [-0.1, -0.05) is 6.08 Å². The second-order valence-corrected chi connectivity index (χ2v) is 6.69. The SMILES string of the molecule is CC(C)(C)n1cc(C2=CCN(CCCC(N)=O)CC2)cn1. The van der Waals surface area contributed by atoms with Gasteiger partial charge in [0.15, 0.2) is 0 Å². The summed E-state index contributed by atoms with van der Waals surface area (Å²) in [6.45, 7) is 9.37. The Morgan fingerprint density at radius 3 is 2.71 bits per heavy atom. The van der Waals surface area contributed by atoms with Crippen LogP contribution in [0.1, 0.15) is 45.6 Å². The fourth-order valence-corrected chi connectivity index (χ4v) is 2.51. The summed E-state index contributed by atoms with van der Waals surface area (Å²) in [4.78, 5) is 13.1. The standard InChI is InChI=1S/C16H26N4O/c1-16(2,3)20-12-14(11-18-20)13-6-9-19(10-7-13)8-4-5-15(17)21/h6,11-12H,4-5,7-10H2,1-3H3,(H2,17,21). The average molecular weight is 290 g/mol. The molecule has 2 heterocycles. The zero-order valence-electron chi connectivity index (χ0n) is 13.3. The number of aromatic nitrogens is 2. The molecule has 0 fully saturated rings. The Morgan fingerprint density at radius 1 is 1.43 bits per heavy atom. The molecule has 0 spiro atoms. The van der Waals surface area contributed by atoms with Gasteiger partial charge in [0.2, 0.25) is 5.91 Å². The Labute approximate surface area is 126 Å². The molecule has 0 unspecified atom stereocenters. The number of primary amides is 1. The van der Waals surface area contributed by atoms with Crippen LogP contribution < -0.4 is 5.73 Å². The maximum Gasteiger partial charge on any atom is 0.217 e. The van der Waals surface area contributed by atoms with Crippen molar-refractivity contribution in [3.63, 3.8) is 0 Å². The fraction of sp³-hybridized carbons (Fsp3) is 0.625. The van der Waals surface area contributed by atoms with Gasteiger partial charge < -0.3 is 5.73 Å². The van der Waals surface area contributed by atoms with Gasteiger partial charge in [-0.25, -0.2) is 0 Å². The molecule has 2 N–H and O–H groups in total. The van der Waals surface area contributed by atoms with Crippen molar-refractivity contribution in [1.29, 1.82) is 0 Å². The van der Waals surface area contributed by atoms with Gasteiger partial charge in [0, 0.05) is 31.3 Å². The van der Waals surface area contributed by atoms with Gasteiger partial charge in [0.25, 0.3) is 0 Å². The van der Waals surface area contributed by atoms with Crippen LogP contribution in [-0.4, -0.2) is 40.2 Å². The lowest BCUT2D eigenvalue weighted by Gasteiger charge is -2.25. The van der Waals surface area contributed by atoms with E-state index in [2.05, 4.69) is 43.0 Å². The van der Waals surface area contributed by atoms with Gasteiger partial charge in [-0.2, -0.15) is 5.10 Å². The van der Waals surface area contributed by atoms with Crippen molar-refractivity contribution in [2.75, 3.05) is 19.6 Å². The van der Waals surface area contributed by atoms with Crippen LogP contribution in [0, 0.1) is 0 Å². The highest BCUT2D eigenvalue weighted by Crippen LogP contribution is 2.24. The van der Waals surface area contributed by atoms with Gasteiger partial charge in [0.1, 0.15) is 0 Å². The van der Waals surface area contributed by atoms with Crippen LogP contribution in [0.4, 0.5) is 0 Å². The van der Waals surface area contributed by atoms with Crippen molar-refractivity contribution in [3.05, 3.63) is 24.0 Å². The third-order valence-electron chi connectivity index (χ3n) is 3.83. The number of nitrogens with zero attached hydrogens (tertiary/aromatic N) is 3. The van der Waals surface area contributed by atoms with E-state index in [0.717, 1.165) is 32.5 Å². The second kappa shape index (κ2) is 6.43. The Kier molecular flexibility index (Phi) is 4.83. The van der Waals surface area contributed by atoms with Crippen LogP contribution in [-0.2, 0) is 10.3 Å². The van der Waals surface area contributed by atoms with Crippen molar-refractivity contribution < 1.29 is 4.79 Å². The highest BCUT2D eigenvalue weighted by Gasteiger charge is 2.17. The van der Waals surface area contributed by atoms with Crippen LogP contribution in [0.5, 0.6) is 0 Å². The minimum atomic E-state index is -0.210. The molecule has 1 aliphatic rings. The van der Waals surface area contributed by atoms with Gasteiger partial charge >= 0.3 is 0 Å². The Balaban J connectivity index is 1.90. The summed E-state index contributed by atoms with van der Waals surface area (Å²) in [5, 5.41) is 4.46. The van der Waals surface area contributed by atoms with Gasteiger partial charge in [-0.05, 0) is 45.7 Å². The molecule has 1 amide bonds. The van der Waals surface area contributed by atoms with E-state index in [9.17, 15) is 4.79 Å². The normalized spacial score (nSPS) is 16.8. The van der Waals surface area contributed by atoms with Crippen molar-refractivity contribution in [2.45, 2.75) is 45.6 Å². The Hall–Kier alpha value is -1.62. The molecule has 5 nitrogen and oxygen atoms in total. The first kappa shape index (κ1) is 15.8. The molecule has 1 aromatic rings. The largest absolute Gasteiger partial charge is 0.370 e. The topological polar surface area (TPSA) is 64.2 Å². The maximum absolute atomic E-state index is 10.7. The lowest BCUT2D eigenvalue weighted by molar-refractivity contribution is -0.118. The summed E-state index contributed by atoms with van der Waals surface area (Å²) >= 11 is 0. The lowest BCUT2D eigenvalue weighted by atomic mass is 10.0. The molecular formula is C16H26N4O.